The molecule has 0 saturated heterocycles. The van der Waals surface area contributed by atoms with Crippen LogP contribution in [0.5, 0.6) is 0 Å². The fourth-order valence-electron chi connectivity index (χ4n) is 1.17. The Morgan fingerprint density at radius 2 is 1.93 bits per heavy atom. The Labute approximate surface area is 95.4 Å². The van der Waals surface area contributed by atoms with Gasteiger partial charge < -0.3 is 10.2 Å². The monoisotopic (exact) mass is 264 g/mol. The highest BCUT2D eigenvalue weighted by molar-refractivity contribution is 9.10. The molecule has 0 aromatic carbocycles. The summed E-state index contributed by atoms with van der Waals surface area (Å²) in [5, 5.41) is 2.90. The van der Waals surface area contributed by atoms with Crippen molar-refractivity contribution in [3.8, 4) is 0 Å². The molecule has 0 spiro atoms. The molecule has 0 unspecified atom stereocenters. The molecule has 0 radical (unpaired) electrons. The summed E-state index contributed by atoms with van der Waals surface area (Å²) in [6.45, 7) is 10.00. The van der Waals surface area contributed by atoms with E-state index in [9.17, 15) is 4.79 Å². The molecule has 0 fully saturated rings. The molecule has 0 aliphatic heterocycles. The Bertz CT molecular complexity index is 160. The second-order valence-electron chi connectivity index (χ2n) is 3.19. The van der Waals surface area contributed by atoms with Crippen LogP contribution in [0.1, 0.15) is 27.2 Å². The number of carbonyl (C=O) groups excluding carboxylic acids is 1. The second kappa shape index (κ2) is 8.24. The van der Waals surface area contributed by atoms with Gasteiger partial charge in [-0.3, -0.25) is 4.79 Å². The van der Waals surface area contributed by atoms with Crippen LogP contribution < -0.4 is 5.32 Å². The van der Waals surface area contributed by atoms with E-state index in [1.165, 1.54) is 0 Å². The second-order valence-corrected chi connectivity index (χ2v) is 4.30. The zero-order chi connectivity index (χ0) is 11.0. The number of nitrogens with one attached hydrogen (secondary N) is 1. The maximum Gasteiger partial charge on any atom is 0.233 e. The molecular weight excluding hydrogens is 244 g/mol. The normalized spacial score (nSPS) is 12.9. The predicted molar refractivity (Wildman–Crippen MR) is 63.8 cm³/mol. The van der Waals surface area contributed by atoms with Gasteiger partial charge in [-0.15, -0.1) is 0 Å². The highest BCUT2D eigenvalue weighted by Crippen LogP contribution is 2.03. The number of carbonyl (C=O) groups is 1. The molecule has 0 aliphatic carbocycles. The maximum absolute atomic E-state index is 11.4. The van der Waals surface area contributed by atoms with Crippen LogP contribution in [0.4, 0.5) is 0 Å². The number of amides is 1. The summed E-state index contributed by atoms with van der Waals surface area (Å²) in [4.78, 5) is 13.6. The predicted octanol–water partition coefficient (Wildman–Crippen LogP) is 1.62. The highest BCUT2D eigenvalue weighted by Gasteiger charge is 2.11. The Hall–Kier alpha value is -0.0900. The van der Waals surface area contributed by atoms with Crippen LogP contribution in [0.2, 0.25) is 0 Å². The molecule has 0 aliphatic rings. The molecule has 0 aromatic heterocycles. The minimum atomic E-state index is -0.0424. The zero-order valence-corrected chi connectivity index (χ0v) is 10.9. The van der Waals surface area contributed by atoms with Gasteiger partial charge in [0, 0.05) is 13.1 Å². The molecule has 1 atom stereocenters. The van der Waals surface area contributed by atoms with Gasteiger partial charge in [0.15, 0.2) is 0 Å². The van der Waals surface area contributed by atoms with E-state index in [4.69, 9.17) is 0 Å². The molecule has 1 N–H and O–H groups in total. The van der Waals surface area contributed by atoms with Gasteiger partial charge in [-0.25, -0.2) is 0 Å². The summed E-state index contributed by atoms with van der Waals surface area (Å²) in [7, 11) is 0. The molecule has 3 nitrogen and oxygen atoms in total. The highest BCUT2D eigenvalue weighted by atomic mass is 79.9. The number of nitrogens with zero attached hydrogens (tertiary/aromatic N) is 1. The lowest BCUT2D eigenvalue weighted by Crippen LogP contribution is -2.37. The van der Waals surface area contributed by atoms with Crippen molar-refractivity contribution in [3.05, 3.63) is 0 Å². The van der Waals surface area contributed by atoms with Gasteiger partial charge in [-0.05, 0) is 19.5 Å². The first-order chi connectivity index (χ1) is 6.65. The van der Waals surface area contributed by atoms with Crippen LogP contribution in [-0.4, -0.2) is 41.8 Å². The lowest BCUT2D eigenvalue weighted by molar-refractivity contribution is -0.120. The van der Waals surface area contributed by atoms with E-state index in [0.29, 0.717) is 0 Å². The van der Waals surface area contributed by atoms with Crippen molar-refractivity contribution in [3.63, 3.8) is 0 Å². The van der Waals surface area contributed by atoms with Gasteiger partial charge in [0.1, 0.15) is 0 Å². The Morgan fingerprint density at radius 1 is 1.36 bits per heavy atom. The number of likely N-dealkylation sites (N-methyl/N-ethyl adjacent to an activating group) is 1. The summed E-state index contributed by atoms with van der Waals surface area (Å²) in [5.41, 5.74) is 0. The minimum Gasteiger partial charge on any atom is -0.354 e. The Morgan fingerprint density at radius 3 is 2.36 bits per heavy atom. The lowest BCUT2D eigenvalue weighted by Gasteiger charge is -2.18. The van der Waals surface area contributed by atoms with Gasteiger partial charge in [0.05, 0.1) is 4.83 Å². The van der Waals surface area contributed by atoms with Gasteiger partial charge in [0.2, 0.25) is 5.91 Å². The molecule has 0 heterocycles. The number of rotatable bonds is 7. The van der Waals surface area contributed by atoms with Crippen molar-refractivity contribution in [2.75, 3.05) is 26.2 Å². The van der Waals surface area contributed by atoms with Crippen LogP contribution in [0.25, 0.3) is 0 Å². The fraction of sp³-hybridized carbons (Fsp3) is 0.900. The molecule has 14 heavy (non-hydrogen) atoms. The van der Waals surface area contributed by atoms with Crippen molar-refractivity contribution in [2.24, 2.45) is 0 Å². The van der Waals surface area contributed by atoms with E-state index in [-0.39, 0.29) is 10.7 Å². The van der Waals surface area contributed by atoms with Crippen LogP contribution in [-0.2, 0) is 4.79 Å². The largest absolute Gasteiger partial charge is 0.354 e. The van der Waals surface area contributed by atoms with Crippen molar-refractivity contribution >= 4 is 21.8 Å². The fourth-order valence-corrected chi connectivity index (χ4v) is 1.34. The topological polar surface area (TPSA) is 32.3 Å². The molecule has 0 bridgehead atoms. The van der Waals surface area contributed by atoms with Crippen LogP contribution in [0, 0.1) is 0 Å². The number of hydrogen-bond donors (Lipinski definition) is 1. The lowest BCUT2D eigenvalue weighted by atomic mass is 10.3. The van der Waals surface area contributed by atoms with Crippen molar-refractivity contribution in [1.82, 2.24) is 10.2 Å². The number of alkyl halides is 1. The van der Waals surface area contributed by atoms with Gasteiger partial charge >= 0.3 is 0 Å². The van der Waals surface area contributed by atoms with E-state index in [1.807, 2.05) is 6.92 Å². The SMILES string of the molecule is CC[C@@H](Br)C(=O)NCCN(CC)CC. The van der Waals surface area contributed by atoms with Crippen LogP contribution in [0.3, 0.4) is 0 Å². The molecule has 0 aromatic rings. The van der Waals surface area contributed by atoms with E-state index >= 15 is 0 Å². The molecule has 84 valence electrons. The van der Waals surface area contributed by atoms with Crippen molar-refractivity contribution in [1.29, 1.82) is 0 Å². The van der Waals surface area contributed by atoms with E-state index < -0.39 is 0 Å². The molecular formula is C10H21BrN2O. The quantitative estimate of drug-likeness (QED) is 0.709. The molecule has 0 rings (SSSR count). The summed E-state index contributed by atoms with van der Waals surface area (Å²) in [5.74, 6) is 0.0969. The van der Waals surface area contributed by atoms with Crippen LogP contribution in [0.15, 0.2) is 0 Å². The first-order valence-corrected chi connectivity index (χ1v) is 6.21. The summed E-state index contributed by atoms with van der Waals surface area (Å²) >= 11 is 3.32. The molecule has 0 saturated carbocycles. The third-order valence-corrected chi connectivity index (χ3v) is 3.33. The number of hydrogen-bond acceptors (Lipinski definition) is 2. The number of halogens is 1. The first-order valence-electron chi connectivity index (χ1n) is 5.29. The third kappa shape index (κ3) is 5.60. The van der Waals surface area contributed by atoms with Gasteiger partial charge in [-0.2, -0.15) is 0 Å². The van der Waals surface area contributed by atoms with Crippen LogP contribution >= 0.6 is 15.9 Å². The van der Waals surface area contributed by atoms with Crippen molar-refractivity contribution in [2.45, 2.75) is 32.0 Å². The van der Waals surface area contributed by atoms with Crippen molar-refractivity contribution < 1.29 is 4.79 Å². The summed E-state index contributed by atoms with van der Waals surface area (Å²) < 4.78 is 0. The minimum absolute atomic E-state index is 0.0424. The zero-order valence-electron chi connectivity index (χ0n) is 9.35. The maximum atomic E-state index is 11.4. The molecule has 1 amide bonds. The Balaban J connectivity index is 3.57. The smallest absolute Gasteiger partial charge is 0.233 e. The first kappa shape index (κ1) is 13.9. The average Bonchev–Trinajstić information content (AvgIpc) is 2.22. The summed E-state index contributed by atoms with van der Waals surface area (Å²) in [6.07, 6.45) is 0.830. The standard InChI is InChI=1S/C10H21BrN2O/c1-4-9(11)10(14)12-7-8-13(5-2)6-3/h9H,4-8H2,1-3H3,(H,12,14)/t9-/m1/s1. The van der Waals surface area contributed by atoms with Gasteiger partial charge in [-0.1, -0.05) is 36.7 Å². The van der Waals surface area contributed by atoms with E-state index in [2.05, 4.69) is 40.0 Å². The third-order valence-electron chi connectivity index (χ3n) is 2.26. The Kier molecular flexibility index (Phi) is 8.18. The molecule has 4 heteroatoms. The van der Waals surface area contributed by atoms with Gasteiger partial charge in [0.25, 0.3) is 0 Å². The van der Waals surface area contributed by atoms with E-state index in [0.717, 1.165) is 32.6 Å². The average molecular weight is 265 g/mol. The van der Waals surface area contributed by atoms with E-state index in [1.54, 1.807) is 0 Å². The summed E-state index contributed by atoms with van der Waals surface area (Å²) in [6, 6.07) is 0.